The fraction of sp³-hybridized carbons (Fsp3) is 0.231. The van der Waals surface area contributed by atoms with Crippen LogP contribution in [0.1, 0.15) is 26.9 Å². The molecule has 0 aliphatic rings. The summed E-state index contributed by atoms with van der Waals surface area (Å²) in [5, 5.41) is -0.0990. The monoisotopic (exact) mass is 270 g/mol. The van der Waals surface area contributed by atoms with Crippen LogP contribution in [0.25, 0.3) is 0 Å². The van der Waals surface area contributed by atoms with Crippen LogP contribution in [-0.2, 0) is 0 Å². The summed E-state index contributed by atoms with van der Waals surface area (Å²) in [5.41, 5.74) is 3.64. The van der Waals surface area contributed by atoms with Gasteiger partial charge in [-0.25, -0.2) is 0 Å². The Labute approximate surface area is 110 Å². The Morgan fingerprint density at radius 2 is 1.88 bits per heavy atom. The maximum Gasteiger partial charge on any atom is 0.0931 e. The minimum atomic E-state index is -0.0990. The molecule has 0 aliphatic heterocycles. The second kappa shape index (κ2) is 4.79. The molecule has 0 N–H and O–H groups in total. The van der Waals surface area contributed by atoms with Gasteiger partial charge in [-0.3, -0.25) is 0 Å². The molecule has 1 aromatic carbocycles. The van der Waals surface area contributed by atoms with Crippen LogP contribution in [0.5, 0.6) is 0 Å². The molecule has 1 unspecified atom stereocenters. The van der Waals surface area contributed by atoms with E-state index in [-0.39, 0.29) is 5.38 Å². The third-order valence-electron chi connectivity index (χ3n) is 2.54. The highest BCUT2D eigenvalue weighted by Gasteiger charge is 2.14. The average molecular weight is 271 g/mol. The summed E-state index contributed by atoms with van der Waals surface area (Å²) >= 11 is 13.9. The molecule has 16 heavy (non-hydrogen) atoms. The van der Waals surface area contributed by atoms with Gasteiger partial charge in [-0.2, -0.15) is 0 Å². The predicted octanol–water partition coefficient (Wildman–Crippen LogP) is 5.35. The molecule has 0 fully saturated rings. The van der Waals surface area contributed by atoms with Crippen molar-refractivity contribution in [1.82, 2.24) is 0 Å². The minimum Gasteiger partial charge on any atom is -0.127 e. The maximum atomic E-state index is 6.45. The van der Waals surface area contributed by atoms with Crippen molar-refractivity contribution >= 4 is 34.5 Å². The highest BCUT2D eigenvalue weighted by Crippen LogP contribution is 2.36. The van der Waals surface area contributed by atoms with Crippen molar-refractivity contribution in [3.63, 3.8) is 0 Å². The van der Waals surface area contributed by atoms with Crippen molar-refractivity contribution in [3.05, 3.63) is 56.2 Å². The lowest BCUT2D eigenvalue weighted by Crippen LogP contribution is -1.94. The lowest BCUT2D eigenvalue weighted by atomic mass is 10.0. The number of hydrogen-bond acceptors (Lipinski definition) is 1. The van der Waals surface area contributed by atoms with E-state index < -0.39 is 0 Å². The van der Waals surface area contributed by atoms with Crippen molar-refractivity contribution in [2.24, 2.45) is 0 Å². The van der Waals surface area contributed by atoms with Crippen LogP contribution in [0, 0.1) is 13.8 Å². The van der Waals surface area contributed by atoms with Crippen LogP contribution in [-0.4, -0.2) is 0 Å². The largest absolute Gasteiger partial charge is 0.127 e. The molecular formula is C13H12Cl2S. The summed E-state index contributed by atoms with van der Waals surface area (Å²) in [7, 11) is 0. The van der Waals surface area contributed by atoms with Gasteiger partial charge < -0.3 is 0 Å². The maximum absolute atomic E-state index is 6.45. The van der Waals surface area contributed by atoms with Gasteiger partial charge in [0.2, 0.25) is 0 Å². The van der Waals surface area contributed by atoms with Gasteiger partial charge in [-0.15, -0.1) is 22.9 Å². The molecule has 2 rings (SSSR count). The van der Waals surface area contributed by atoms with E-state index >= 15 is 0 Å². The molecule has 84 valence electrons. The number of benzene rings is 1. The molecule has 1 heterocycles. The van der Waals surface area contributed by atoms with E-state index in [1.165, 1.54) is 22.5 Å². The molecule has 1 atom stereocenters. The lowest BCUT2D eigenvalue weighted by molar-refractivity contribution is 1.14. The second-order valence-corrected chi connectivity index (χ2v) is 6.05. The fourth-order valence-electron chi connectivity index (χ4n) is 1.73. The zero-order valence-electron chi connectivity index (χ0n) is 9.13. The Hall–Kier alpha value is -0.500. The van der Waals surface area contributed by atoms with Gasteiger partial charge in [-0.1, -0.05) is 35.4 Å². The smallest absolute Gasteiger partial charge is 0.0931 e. The van der Waals surface area contributed by atoms with Gasteiger partial charge in [0.15, 0.2) is 0 Å². The molecule has 0 bridgehead atoms. The molecule has 0 spiro atoms. The van der Waals surface area contributed by atoms with E-state index in [4.69, 9.17) is 23.2 Å². The molecule has 0 saturated carbocycles. The zero-order chi connectivity index (χ0) is 11.7. The van der Waals surface area contributed by atoms with Crippen LogP contribution in [0.3, 0.4) is 0 Å². The quantitative estimate of drug-likeness (QED) is 0.646. The fourth-order valence-corrected chi connectivity index (χ4v) is 3.24. The van der Waals surface area contributed by atoms with Crippen molar-refractivity contribution in [3.8, 4) is 0 Å². The first-order chi connectivity index (χ1) is 7.58. The summed E-state index contributed by atoms with van der Waals surface area (Å²) in [6, 6.07) is 10.2. The van der Waals surface area contributed by atoms with Crippen molar-refractivity contribution in [2.75, 3.05) is 0 Å². The third-order valence-corrected chi connectivity index (χ3v) is 4.44. The highest BCUT2D eigenvalue weighted by molar-refractivity contribution is 7.16. The van der Waals surface area contributed by atoms with Gasteiger partial charge >= 0.3 is 0 Å². The first-order valence-corrected chi connectivity index (χ1v) is 6.67. The van der Waals surface area contributed by atoms with E-state index in [0.717, 1.165) is 14.8 Å². The first-order valence-electron chi connectivity index (χ1n) is 5.04. The molecule has 0 amide bonds. The first kappa shape index (κ1) is 12.0. The van der Waals surface area contributed by atoms with E-state index in [9.17, 15) is 0 Å². The van der Waals surface area contributed by atoms with Crippen LogP contribution >= 0.6 is 34.5 Å². The highest BCUT2D eigenvalue weighted by atomic mass is 35.5. The summed E-state index contributed by atoms with van der Waals surface area (Å²) in [5.74, 6) is 0. The van der Waals surface area contributed by atoms with Gasteiger partial charge in [-0.05, 0) is 37.1 Å². The molecule has 2 aromatic rings. The van der Waals surface area contributed by atoms with Gasteiger partial charge in [0.05, 0.1) is 9.71 Å². The average Bonchev–Trinajstić information content (AvgIpc) is 2.64. The zero-order valence-corrected chi connectivity index (χ0v) is 11.5. The minimum absolute atomic E-state index is 0.0990. The SMILES string of the molecule is Cc1ccc(C(Cl)c2ccc(Cl)s2)c(C)c1. The van der Waals surface area contributed by atoms with Crippen molar-refractivity contribution in [2.45, 2.75) is 19.2 Å². The van der Waals surface area contributed by atoms with E-state index in [0.29, 0.717) is 0 Å². The number of rotatable bonds is 2. The molecule has 0 aliphatic carbocycles. The standard InChI is InChI=1S/C13H12Cl2S/c1-8-3-4-10(9(2)7-8)13(15)11-5-6-12(14)16-11/h3-7,13H,1-2H3. The van der Waals surface area contributed by atoms with Crippen molar-refractivity contribution < 1.29 is 0 Å². The summed E-state index contributed by atoms with van der Waals surface area (Å²) in [6.45, 7) is 4.18. The third kappa shape index (κ3) is 2.42. The van der Waals surface area contributed by atoms with Crippen molar-refractivity contribution in [1.29, 1.82) is 0 Å². The van der Waals surface area contributed by atoms with E-state index in [1.54, 1.807) is 0 Å². The molecule has 0 nitrogen and oxygen atoms in total. The lowest BCUT2D eigenvalue weighted by Gasteiger charge is -2.11. The Kier molecular flexibility index (Phi) is 3.58. The molecular weight excluding hydrogens is 259 g/mol. The predicted molar refractivity (Wildman–Crippen MR) is 72.9 cm³/mol. The molecule has 3 heteroatoms. The number of hydrogen-bond donors (Lipinski definition) is 0. The topological polar surface area (TPSA) is 0 Å². The second-order valence-electron chi connectivity index (χ2n) is 3.86. The normalized spacial score (nSPS) is 12.8. The Morgan fingerprint density at radius 1 is 1.12 bits per heavy atom. The Bertz CT molecular complexity index is 502. The van der Waals surface area contributed by atoms with Gasteiger partial charge in [0, 0.05) is 4.88 Å². The summed E-state index contributed by atoms with van der Waals surface area (Å²) in [4.78, 5) is 1.10. The van der Waals surface area contributed by atoms with Crippen LogP contribution in [0.2, 0.25) is 4.34 Å². The van der Waals surface area contributed by atoms with Crippen LogP contribution < -0.4 is 0 Å². The Balaban J connectivity index is 2.37. The Morgan fingerprint density at radius 3 is 2.44 bits per heavy atom. The summed E-state index contributed by atoms with van der Waals surface area (Å²) in [6.07, 6.45) is 0. The van der Waals surface area contributed by atoms with E-state index in [2.05, 4.69) is 32.0 Å². The van der Waals surface area contributed by atoms with Crippen LogP contribution in [0.4, 0.5) is 0 Å². The van der Waals surface area contributed by atoms with Gasteiger partial charge in [0.1, 0.15) is 0 Å². The molecule has 0 radical (unpaired) electrons. The number of thiophene rings is 1. The van der Waals surface area contributed by atoms with Crippen LogP contribution in [0.15, 0.2) is 30.3 Å². The number of alkyl halides is 1. The molecule has 0 saturated heterocycles. The van der Waals surface area contributed by atoms with E-state index in [1.807, 2.05) is 12.1 Å². The number of halogens is 2. The van der Waals surface area contributed by atoms with Gasteiger partial charge in [0.25, 0.3) is 0 Å². The molecule has 1 aromatic heterocycles. The number of aryl methyl sites for hydroxylation is 2. The summed E-state index contributed by atoms with van der Waals surface area (Å²) < 4.78 is 0.783.